The molecule has 2 fully saturated rings. The van der Waals surface area contributed by atoms with Crippen LogP contribution in [0.25, 0.3) is 11.0 Å². The van der Waals surface area contributed by atoms with Gasteiger partial charge in [0.05, 0.1) is 12.1 Å². The molecule has 0 unspecified atom stereocenters. The van der Waals surface area contributed by atoms with Gasteiger partial charge in [0.15, 0.2) is 0 Å². The molecule has 1 heterocycles. The van der Waals surface area contributed by atoms with Crippen LogP contribution in [-0.4, -0.2) is 16.2 Å². The van der Waals surface area contributed by atoms with Gasteiger partial charge in [-0.2, -0.15) is 0 Å². The maximum Gasteiger partial charge on any atom is 0.148 e. The Balaban J connectivity index is 1.33. The van der Waals surface area contributed by atoms with Crippen molar-refractivity contribution in [1.82, 2.24) is 9.55 Å². The second kappa shape index (κ2) is 12.2. The SMILES string of the molecule is Clc1ccc(OCc2nc3c(OCC4CCCCC4)cccc3n2CCCC2CCCCC2)cc1. The molecule has 0 bridgehead atoms. The van der Waals surface area contributed by atoms with Crippen LogP contribution in [-0.2, 0) is 13.2 Å². The normalized spacial score (nSPS) is 17.6. The molecule has 1 aromatic heterocycles. The summed E-state index contributed by atoms with van der Waals surface area (Å²) >= 11 is 6.05. The minimum absolute atomic E-state index is 0.432. The van der Waals surface area contributed by atoms with Gasteiger partial charge in [0.2, 0.25) is 0 Å². The molecule has 0 radical (unpaired) electrons. The Hall–Kier alpha value is -2.20. The fourth-order valence-electron chi connectivity index (χ4n) is 5.90. The zero-order valence-corrected chi connectivity index (χ0v) is 21.6. The van der Waals surface area contributed by atoms with Crippen molar-refractivity contribution < 1.29 is 9.47 Å². The molecular formula is C30H39ClN2O2. The van der Waals surface area contributed by atoms with E-state index in [1.54, 1.807) is 0 Å². The minimum atomic E-state index is 0.432. The molecule has 188 valence electrons. The van der Waals surface area contributed by atoms with Gasteiger partial charge in [-0.3, -0.25) is 0 Å². The largest absolute Gasteiger partial charge is 0.491 e. The third-order valence-corrected chi connectivity index (χ3v) is 8.17. The molecule has 0 N–H and O–H groups in total. The van der Waals surface area contributed by atoms with E-state index in [-0.39, 0.29) is 0 Å². The van der Waals surface area contributed by atoms with Crippen molar-refractivity contribution >= 4 is 22.6 Å². The number of aryl methyl sites for hydroxylation is 1. The van der Waals surface area contributed by atoms with Gasteiger partial charge in [0.1, 0.15) is 29.4 Å². The number of hydrogen-bond acceptors (Lipinski definition) is 3. The third-order valence-electron chi connectivity index (χ3n) is 7.92. The van der Waals surface area contributed by atoms with E-state index in [0.29, 0.717) is 17.5 Å². The van der Waals surface area contributed by atoms with Crippen molar-refractivity contribution in [2.75, 3.05) is 6.61 Å². The molecule has 2 aliphatic rings. The van der Waals surface area contributed by atoms with E-state index in [2.05, 4.69) is 22.8 Å². The average Bonchev–Trinajstić information content (AvgIpc) is 3.26. The zero-order chi connectivity index (χ0) is 23.9. The minimum Gasteiger partial charge on any atom is -0.491 e. The van der Waals surface area contributed by atoms with Crippen molar-refractivity contribution in [3.05, 3.63) is 53.3 Å². The fourth-order valence-corrected chi connectivity index (χ4v) is 6.03. The molecular weight excluding hydrogens is 456 g/mol. The third kappa shape index (κ3) is 6.52. The van der Waals surface area contributed by atoms with E-state index in [4.69, 9.17) is 26.1 Å². The van der Waals surface area contributed by atoms with E-state index >= 15 is 0 Å². The molecule has 5 heteroatoms. The fraction of sp³-hybridized carbons (Fsp3) is 0.567. The summed E-state index contributed by atoms with van der Waals surface area (Å²) in [6.07, 6.45) is 16.1. The smallest absolute Gasteiger partial charge is 0.148 e. The number of ether oxygens (including phenoxy) is 2. The Morgan fingerprint density at radius 2 is 1.54 bits per heavy atom. The lowest BCUT2D eigenvalue weighted by molar-refractivity contribution is 0.210. The van der Waals surface area contributed by atoms with Crippen LogP contribution >= 0.6 is 11.6 Å². The van der Waals surface area contributed by atoms with Crippen LogP contribution in [0.4, 0.5) is 0 Å². The maximum absolute atomic E-state index is 6.37. The Morgan fingerprint density at radius 1 is 0.829 bits per heavy atom. The van der Waals surface area contributed by atoms with Crippen molar-refractivity contribution in [1.29, 1.82) is 0 Å². The molecule has 0 aliphatic heterocycles. The lowest BCUT2D eigenvalue weighted by atomic mass is 9.86. The highest BCUT2D eigenvalue weighted by Gasteiger charge is 2.19. The second-order valence-electron chi connectivity index (χ2n) is 10.5. The summed E-state index contributed by atoms with van der Waals surface area (Å²) < 4.78 is 14.9. The lowest BCUT2D eigenvalue weighted by Crippen LogP contribution is -2.15. The maximum atomic E-state index is 6.37. The van der Waals surface area contributed by atoms with E-state index in [9.17, 15) is 0 Å². The van der Waals surface area contributed by atoms with Gasteiger partial charge < -0.3 is 14.0 Å². The molecule has 3 aromatic rings. The Morgan fingerprint density at radius 3 is 2.29 bits per heavy atom. The van der Waals surface area contributed by atoms with Crippen LogP contribution in [0.15, 0.2) is 42.5 Å². The van der Waals surface area contributed by atoms with Crippen LogP contribution in [0.3, 0.4) is 0 Å². The van der Waals surface area contributed by atoms with Gasteiger partial charge in [-0.25, -0.2) is 4.98 Å². The predicted octanol–water partition coefficient (Wildman–Crippen LogP) is 8.59. The Kier molecular flexibility index (Phi) is 8.51. The van der Waals surface area contributed by atoms with Crippen molar-refractivity contribution in [3.63, 3.8) is 0 Å². The van der Waals surface area contributed by atoms with Crippen molar-refractivity contribution in [3.8, 4) is 11.5 Å². The van der Waals surface area contributed by atoms with Gasteiger partial charge >= 0.3 is 0 Å². The number of rotatable bonds is 10. The molecule has 0 spiro atoms. The summed E-state index contributed by atoms with van der Waals surface area (Å²) in [5.74, 6) is 4.24. The predicted molar refractivity (Wildman–Crippen MR) is 143 cm³/mol. The highest BCUT2D eigenvalue weighted by atomic mass is 35.5. The average molecular weight is 495 g/mol. The second-order valence-corrected chi connectivity index (χ2v) is 10.9. The van der Waals surface area contributed by atoms with E-state index < -0.39 is 0 Å². The molecule has 2 aromatic carbocycles. The van der Waals surface area contributed by atoms with Gasteiger partial charge in [0.25, 0.3) is 0 Å². The molecule has 35 heavy (non-hydrogen) atoms. The van der Waals surface area contributed by atoms with E-state index in [1.807, 2.05) is 24.3 Å². The lowest BCUT2D eigenvalue weighted by Gasteiger charge is -2.22. The number of hydrogen-bond donors (Lipinski definition) is 0. The van der Waals surface area contributed by atoms with Gasteiger partial charge in [-0.15, -0.1) is 0 Å². The number of fused-ring (bicyclic) bond motifs is 1. The monoisotopic (exact) mass is 494 g/mol. The van der Waals surface area contributed by atoms with Crippen LogP contribution in [0.2, 0.25) is 5.02 Å². The standard InChI is InChI=1S/C30H39ClN2O2/c31-25-16-18-26(19-17-25)34-22-29-32-30-27(33(29)20-8-13-23-9-3-1-4-10-23)14-7-15-28(30)35-21-24-11-5-2-6-12-24/h7,14-19,23-24H,1-6,8-13,20-22H2. The first kappa shape index (κ1) is 24.5. The van der Waals surface area contributed by atoms with Crippen molar-refractivity contribution in [2.24, 2.45) is 11.8 Å². The van der Waals surface area contributed by atoms with Crippen LogP contribution in [0.1, 0.15) is 82.9 Å². The van der Waals surface area contributed by atoms with E-state index in [0.717, 1.165) is 47.4 Å². The van der Waals surface area contributed by atoms with Crippen LogP contribution in [0.5, 0.6) is 11.5 Å². The number of para-hydroxylation sites is 1. The number of halogens is 1. The van der Waals surface area contributed by atoms with Gasteiger partial charge in [-0.1, -0.05) is 69.0 Å². The molecule has 2 saturated carbocycles. The number of benzene rings is 2. The first-order chi connectivity index (χ1) is 17.3. The number of imidazole rings is 1. The topological polar surface area (TPSA) is 36.3 Å². The number of aromatic nitrogens is 2. The molecule has 0 atom stereocenters. The van der Waals surface area contributed by atoms with E-state index in [1.165, 1.54) is 77.0 Å². The quantitative estimate of drug-likeness (QED) is 0.283. The summed E-state index contributed by atoms with van der Waals surface area (Å²) in [6, 6.07) is 13.9. The van der Waals surface area contributed by atoms with Gasteiger partial charge in [-0.05, 0) is 73.9 Å². The Labute approximate surface area is 215 Å². The summed E-state index contributed by atoms with van der Waals surface area (Å²) in [7, 11) is 0. The van der Waals surface area contributed by atoms with Crippen LogP contribution in [0, 0.1) is 11.8 Å². The highest BCUT2D eigenvalue weighted by molar-refractivity contribution is 6.30. The highest BCUT2D eigenvalue weighted by Crippen LogP contribution is 2.31. The summed E-state index contributed by atoms with van der Waals surface area (Å²) in [6.45, 7) is 2.20. The summed E-state index contributed by atoms with van der Waals surface area (Å²) in [4.78, 5) is 5.06. The first-order valence-corrected chi connectivity index (χ1v) is 14.1. The van der Waals surface area contributed by atoms with Gasteiger partial charge in [0, 0.05) is 11.6 Å². The zero-order valence-electron chi connectivity index (χ0n) is 20.9. The molecule has 5 rings (SSSR count). The molecule has 0 saturated heterocycles. The summed E-state index contributed by atoms with van der Waals surface area (Å²) in [5.41, 5.74) is 2.13. The van der Waals surface area contributed by atoms with Crippen LogP contribution < -0.4 is 9.47 Å². The molecule has 0 amide bonds. The Bertz CT molecular complexity index is 1070. The number of nitrogens with zero attached hydrogens (tertiary/aromatic N) is 2. The molecule has 2 aliphatic carbocycles. The first-order valence-electron chi connectivity index (χ1n) is 13.8. The van der Waals surface area contributed by atoms with Crippen molar-refractivity contribution in [2.45, 2.75) is 90.2 Å². The molecule has 4 nitrogen and oxygen atoms in total. The summed E-state index contributed by atoms with van der Waals surface area (Å²) in [5, 5.41) is 0.715.